The number of benzene rings is 1. The number of ether oxygens (including phenoxy) is 1. The van der Waals surface area contributed by atoms with Crippen molar-refractivity contribution in [2.45, 2.75) is 19.4 Å². The van der Waals surface area contributed by atoms with Gasteiger partial charge in [-0.05, 0) is 25.1 Å². The Hall–Kier alpha value is -3.57. The second-order valence-corrected chi connectivity index (χ2v) is 8.44. The molecule has 1 aromatic heterocycles. The summed E-state index contributed by atoms with van der Waals surface area (Å²) in [5, 5.41) is 21.7. The predicted octanol–water partition coefficient (Wildman–Crippen LogP) is 2.04. The van der Waals surface area contributed by atoms with Crippen LogP contribution in [-0.4, -0.2) is 60.4 Å². The van der Waals surface area contributed by atoms with E-state index in [2.05, 4.69) is 31.2 Å². The number of aliphatic imine (C=N–C) groups is 1. The fourth-order valence-electron chi connectivity index (χ4n) is 3.32. The van der Waals surface area contributed by atoms with Crippen molar-refractivity contribution < 1.29 is 24.2 Å². The number of rotatable bonds is 9. The summed E-state index contributed by atoms with van der Waals surface area (Å²) in [6, 6.07) is 3.38. The summed E-state index contributed by atoms with van der Waals surface area (Å²) >= 11 is 12.0. The number of carbonyl (C=O) groups excluding carboxylic acids is 3. The molecule has 1 aliphatic heterocycles. The van der Waals surface area contributed by atoms with E-state index < -0.39 is 24.4 Å². The number of aromatic hydroxyl groups is 1. The molecular weight excluding hydrogens is 499 g/mol. The zero-order chi connectivity index (χ0) is 25.5. The number of Topliss-reactive ketones (excluding diaryl/α,β-unsaturated/α-hetero) is 1. The minimum Gasteiger partial charge on any atom is -0.506 e. The maximum absolute atomic E-state index is 12.6. The topological polar surface area (TPSA) is 154 Å². The molecule has 0 saturated carbocycles. The first-order chi connectivity index (χ1) is 16.7. The van der Waals surface area contributed by atoms with Gasteiger partial charge in [0.15, 0.2) is 5.96 Å². The molecule has 1 atom stereocenters. The lowest BCUT2D eigenvalue weighted by molar-refractivity contribution is -0.121. The van der Waals surface area contributed by atoms with Gasteiger partial charge >= 0.3 is 0 Å². The van der Waals surface area contributed by atoms with E-state index >= 15 is 0 Å². The molecule has 2 heterocycles. The number of nitrogens with one attached hydrogen (secondary N) is 4. The van der Waals surface area contributed by atoms with Gasteiger partial charge in [0.1, 0.15) is 17.2 Å². The maximum atomic E-state index is 12.6. The van der Waals surface area contributed by atoms with Gasteiger partial charge in [-0.2, -0.15) is 0 Å². The third-order valence-corrected chi connectivity index (χ3v) is 5.41. The highest BCUT2D eigenvalue weighted by Crippen LogP contribution is 2.36. The average molecular weight is 523 g/mol. The maximum Gasteiger partial charge on any atom is 0.253 e. The average Bonchev–Trinajstić information content (AvgIpc) is 3.32. The molecule has 3 rings (SSSR count). The van der Waals surface area contributed by atoms with Gasteiger partial charge in [-0.3, -0.25) is 19.4 Å². The van der Waals surface area contributed by atoms with E-state index in [1.807, 2.05) is 0 Å². The number of pyridine rings is 1. The second-order valence-electron chi connectivity index (χ2n) is 7.60. The van der Waals surface area contributed by atoms with Crippen LogP contribution in [0.3, 0.4) is 0 Å². The summed E-state index contributed by atoms with van der Waals surface area (Å²) in [6.07, 6.45) is 1.20. The van der Waals surface area contributed by atoms with Crippen LogP contribution in [0.4, 0.5) is 5.69 Å². The molecule has 0 saturated heterocycles. The van der Waals surface area contributed by atoms with Crippen LogP contribution >= 0.6 is 23.2 Å². The minimum absolute atomic E-state index is 0.0150. The zero-order valence-corrected chi connectivity index (χ0v) is 20.5. The first-order valence-corrected chi connectivity index (χ1v) is 11.3. The van der Waals surface area contributed by atoms with Crippen LogP contribution in [0.1, 0.15) is 35.3 Å². The Balaban J connectivity index is 1.67. The smallest absolute Gasteiger partial charge is 0.253 e. The number of ketones is 1. The Morgan fingerprint density at radius 2 is 2.03 bits per heavy atom. The van der Waals surface area contributed by atoms with Gasteiger partial charge in [-0.25, -0.2) is 4.98 Å². The first-order valence-electron chi connectivity index (χ1n) is 10.5. The van der Waals surface area contributed by atoms with Crippen molar-refractivity contribution in [2.24, 2.45) is 4.99 Å². The number of phenols is 1. The van der Waals surface area contributed by atoms with Crippen LogP contribution in [0.25, 0.3) is 0 Å². The van der Waals surface area contributed by atoms with Crippen molar-refractivity contribution in [3.05, 3.63) is 45.6 Å². The number of anilines is 1. The molecule has 2 aromatic rings. The molecular formula is C22H24Cl2N6O5. The number of aromatic nitrogens is 1. The SMILES string of the molecule is COc1ncc(C(=O)NCC(=O)NC(CC(C)=O)c2cc(Cl)cc(Cl)c2O)cc1NC1=NCCN1. The number of amides is 2. The molecule has 2 amide bonds. The Labute approximate surface area is 211 Å². The van der Waals surface area contributed by atoms with Crippen molar-refractivity contribution >= 4 is 52.4 Å². The fraction of sp³-hybridized carbons (Fsp3) is 0.318. The van der Waals surface area contributed by atoms with Crippen LogP contribution < -0.4 is 26.0 Å². The molecule has 0 radical (unpaired) electrons. The number of phenolic OH excluding ortho intramolecular Hbond substituents is 1. The molecule has 1 unspecified atom stereocenters. The van der Waals surface area contributed by atoms with Gasteiger partial charge in [-0.1, -0.05) is 23.2 Å². The van der Waals surface area contributed by atoms with Crippen LogP contribution in [0.5, 0.6) is 11.6 Å². The largest absolute Gasteiger partial charge is 0.506 e. The van der Waals surface area contributed by atoms with E-state index in [0.717, 1.165) is 0 Å². The van der Waals surface area contributed by atoms with Crippen LogP contribution in [-0.2, 0) is 9.59 Å². The van der Waals surface area contributed by atoms with Crippen molar-refractivity contribution in [1.29, 1.82) is 0 Å². The molecule has 13 heteroatoms. The van der Waals surface area contributed by atoms with Crippen molar-refractivity contribution in [3.63, 3.8) is 0 Å². The van der Waals surface area contributed by atoms with E-state index in [4.69, 9.17) is 27.9 Å². The normalized spacial score (nSPS) is 13.3. The molecule has 1 aromatic carbocycles. The summed E-state index contributed by atoms with van der Waals surface area (Å²) in [6.45, 7) is 2.26. The lowest BCUT2D eigenvalue weighted by Crippen LogP contribution is -2.39. The number of carbonyl (C=O) groups is 3. The Morgan fingerprint density at radius 3 is 2.69 bits per heavy atom. The van der Waals surface area contributed by atoms with E-state index in [-0.39, 0.29) is 45.0 Å². The minimum atomic E-state index is -0.897. The quantitative estimate of drug-likeness (QED) is 0.335. The van der Waals surface area contributed by atoms with Gasteiger partial charge in [0.2, 0.25) is 11.8 Å². The van der Waals surface area contributed by atoms with Gasteiger partial charge in [0, 0.05) is 29.7 Å². The third kappa shape index (κ3) is 6.96. The second kappa shape index (κ2) is 11.7. The number of halogens is 2. The van der Waals surface area contributed by atoms with E-state index in [1.54, 1.807) is 0 Å². The van der Waals surface area contributed by atoms with E-state index in [0.29, 0.717) is 24.7 Å². The van der Waals surface area contributed by atoms with Crippen LogP contribution in [0, 0.1) is 0 Å². The number of nitrogens with zero attached hydrogens (tertiary/aromatic N) is 2. The predicted molar refractivity (Wildman–Crippen MR) is 131 cm³/mol. The highest BCUT2D eigenvalue weighted by Gasteiger charge is 2.23. The van der Waals surface area contributed by atoms with Crippen LogP contribution in [0.15, 0.2) is 29.4 Å². The number of guanidine groups is 1. The van der Waals surface area contributed by atoms with Crippen molar-refractivity contribution in [3.8, 4) is 11.6 Å². The highest BCUT2D eigenvalue weighted by molar-refractivity contribution is 6.35. The molecule has 0 spiro atoms. The van der Waals surface area contributed by atoms with E-state index in [1.165, 1.54) is 38.4 Å². The third-order valence-electron chi connectivity index (χ3n) is 4.90. The number of hydrogen-bond donors (Lipinski definition) is 5. The molecule has 5 N–H and O–H groups in total. The Morgan fingerprint density at radius 1 is 1.26 bits per heavy atom. The lowest BCUT2D eigenvalue weighted by Gasteiger charge is -2.20. The molecule has 0 aliphatic carbocycles. The van der Waals surface area contributed by atoms with Crippen molar-refractivity contribution in [2.75, 3.05) is 32.1 Å². The molecule has 35 heavy (non-hydrogen) atoms. The van der Waals surface area contributed by atoms with Gasteiger partial charge < -0.3 is 31.1 Å². The molecule has 0 fully saturated rings. The molecule has 11 nitrogen and oxygen atoms in total. The summed E-state index contributed by atoms with van der Waals surface area (Å²) in [5.74, 6) is -0.885. The number of methoxy groups -OCH3 is 1. The van der Waals surface area contributed by atoms with Gasteiger partial charge in [-0.15, -0.1) is 0 Å². The molecule has 186 valence electrons. The molecule has 1 aliphatic rings. The fourth-order valence-corrected chi connectivity index (χ4v) is 3.83. The van der Waals surface area contributed by atoms with Gasteiger partial charge in [0.05, 0.1) is 36.8 Å². The zero-order valence-electron chi connectivity index (χ0n) is 18.9. The van der Waals surface area contributed by atoms with Crippen LogP contribution in [0.2, 0.25) is 10.0 Å². The highest BCUT2D eigenvalue weighted by atomic mass is 35.5. The summed E-state index contributed by atoms with van der Waals surface area (Å²) < 4.78 is 5.21. The standard InChI is InChI=1S/C22H24Cl2N6O5/c1-11(31)5-16(14-7-13(23)8-15(24)19(14)33)29-18(32)10-27-20(34)12-6-17(21(35-2)28-9-12)30-22-25-3-4-26-22/h6-9,16,33H,3-5,10H2,1-2H3,(H,27,34)(H,29,32)(H2,25,26,30). The van der Waals surface area contributed by atoms with Gasteiger partial charge in [0.25, 0.3) is 5.91 Å². The lowest BCUT2D eigenvalue weighted by atomic mass is 10.0. The Kier molecular flexibility index (Phi) is 8.72. The number of hydrogen-bond acceptors (Lipinski definition) is 9. The summed E-state index contributed by atoms with van der Waals surface area (Å²) in [5.41, 5.74) is 0.794. The summed E-state index contributed by atoms with van der Waals surface area (Å²) in [4.78, 5) is 45.3. The van der Waals surface area contributed by atoms with Crippen molar-refractivity contribution in [1.82, 2.24) is 20.9 Å². The monoisotopic (exact) mass is 522 g/mol. The summed E-state index contributed by atoms with van der Waals surface area (Å²) in [7, 11) is 1.45. The molecule has 0 bridgehead atoms. The first kappa shape index (κ1) is 26.0. The Bertz CT molecular complexity index is 1170. The van der Waals surface area contributed by atoms with E-state index in [9.17, 15) is 19.5 Å².